The van der Waals surface area contributed by atoms with Crippen molar-refractivity contribution >= 4 is 21.6 Å². The van der Waals surface area contributed by atoms with E-state index in [0.29, 0.717) is 12.3 Å². The van der Waals surface area contributed by atoms with Crippen molar-refractivity contribution in [2.45, 2.75) is 57.3 Å². The molecule has 1 aromatic carbocycles. The van der Waals surface area contributed by atoms with Crippen molar-refractivity contribution in [2.24, 2.45) is 5.92 Å². The Morgan fingerprint density at radius 2 is 1.83 bits per heavy atom. The molecule has 0 aromatic heterocycles. The minimum atomic E-state index is -3.44. The van der Waals surface area contributed by atoms with E-state index >= 15 is 0 Å². The van der Waals surface area contributed by atoms with Gasteiger partial charge < -0.3 is 4.90 Å². The first-order valence-corrected chi connectivity index (χ1v) is 12.7. The minimum Gasteiger partial charge on any atom is -0.342 e. The first-order valence-electron chi connectivity index (χ1n) is 10.9. The van der Waals surface area contributed by atoms with Gasteiger partial charge in [-0.25, -0.2) is 0 Å². The summed E-state index contributed by atoms with van der Waals surface area (Å²) in [5.74, 6) is 0.392. The quantitative estimate of drug-likeness (QED) is 0.677. The molecule has 1 aromatic rings. The summed E-state index contributed by atoms with van der Waals surface area (Å²) in [5.41, 5.74) is 4.98. The molecule has 2 aliphatic carbocycles. The van der Waals surface area contributed by atoms with Gasteiger partial charge in [0.2, 0.25) is 5.91 Å². The van der Waals surface area contributed by atoms with Crippen LogP contribution in [0.25, 0.3) is 5.57 Å². The van der Waals surface area contributed by atoms with Gasteiger partial charge >= 0.3 is 0 Å². The molecule has 3 aliphatic rings. The second-order valence-electron chi connectivity index (χ2n) is 8.58. The lowest BCUT2D eigenvalue weighted by Gasteiger charge is -2.31. The van der Waals surface area contributed by atoms with E-state index in [9.17, 15) is 13.2 Å². The summed E-state index contributed by atoms with van der Waals surface area (Å²) < 4.78 is 27.8. The van der Waals surface area contributed by atoms with Crippen LogP contribution in [0.3, 0.4) is 0 Å². The van der Waals surface area contributed by atoms with Crippen LogP contribution in [-0.4, -0.2) is 45.2 Å². The largest absolute Gasteiger partial charge is 0.342 e. The highest BCUT2D eigenvalue weighted by Gasteiger charge is 2.40. The van der Waals surface area contributed by atoms with Crippen molar-refractivity contribution in [1.29, 1.82) is 0 Å². The number of nitrogens with zero attached hydrogens (tertiary/aromatic N) is 1. The van der Waals surface area contributed by atoms with Gasteiger partial charge in [-0.1, -0.05) is 42.7 Å². The molecule has 4 rings (SSSR count). The van der Waals surface area contributed by atoms with Crippen LogP contribution in [0.2, 0.25) is 0 Å². The molecule has 1 heterocycles. The topological polar surface area (TPSA) is 63.7 Å². The summed E-state index contributed by atoms with van der Waals surface area (Å²) in [6.07, 6.45) is 9.28. The highest BCUT2D eigenvalue weighted by atomic mass is 32.2. The van der Waals surface area contributed by atoms with E-state index in [1.54, 1.807) is 0 Å². The SMILES string of the molecule is CS(=O)(=O)OCCC1C2=C(c3ccccc31)C(C(=O)N1CCCCCC1)CCC2. The Morgan fingerprint density at radius 1 is 1.10 bits per heavy atom. The first kappa shape index (κ1) is 20.6. The zero-order chi connectivity index (χ0) is 20.4. The number of amides is 1. The van der Waals surface area contributed by atoms with Gasteiger partial charge in [-0.3, -0.25) is 8.98 Å². The molecule has 29 heavy (non-hydrogen) atoms. The zero-order valence-electron chi connectivity index (χ0n) is 17.2. The number of fused-ring (bicyclic) bond motifs is 2. The first-order chi connectivity index (χ1) is 14.0. The van der Waals surface area contributed by atoms with E-state index in [0.717, 1.165) is 51.4 Å². The van der Waals surface area contributed by atoms with Gasteiger partial charge in [-0.2, -0.15) is 8.42 Å². The van der Waals surface area contributed by atoms with Gasteiger partial charge in [0.15, 0.2) is 0 Å². The van der Waals surface area contributed by atoms with E-state index in [2.05, 4.69) is 17.0 Å². The number of carbonyl (C=O) groups excluding carboxylic acids is 1. The standard InChI is InChI=1S/C23H31NO4S/c1-29(26,27)28-16-13-18-17-9-4-5-10-19(17)22-20(18)11-8-12-21(22)23(25)24-14-6-2-3-7-15-24/h4-5,9-10,18,21H,2-3,6-8,11-16H2,1H3. The summed E-state index contributed by atoms with van der Waals surface area (Å²) in [4.78, 5) is 15.6. The van der Waals surface area contributed by atoms with Crippen molar-refractivity contribution in [2.75, 3.05) is 26.0 Å². The van der Waals surface area contributed by atoms with Gasteiger partial charge in [0.05, 0.1) is 18.8 Å². The Labute approximate surface area is 174 Å². The van der Waals surface area contributed by atoms with Crippen molar-refractivity contribution in [3.63, 3.8) is 0 Å². The molecule has 6 heteroatoms. The summed E-state index contributed by atoms with van der Waals surface area (Å²) >= 11 is 0. The Hall–Kier alpha value is -1.66. The highest BCUT2D eigenvalue weighted by Crippen LogP contribution is 2.52. The second kappa shape index (κ2) is 8.60. The molecule has 1 aliphatic heterocycles. The van der Waals surface area contributed by atoms with Gasteiger partial charge in [0.1, 0.15) is 0 Å². The fourth-order valence-corrected chi connectivity index (χ4v) is 5.76. The summed E-state index contributed by atoms with van der Waals surface area (Å²) in [7, 11) is -3.44. The normalized spacial score (nSPS) is 24.8. The number of hydrogen-bond donors (Lipinski definition) is 0. The lowest BCUT2D eigenvalue weighted by Crippen LogP contribution is -2.38. The van der Waals surface area contributed by atoms with Crippen LogP contribution in [0.15, 0.2) is 29.8 Å². The Morgan fingerprint density at radius 3 is 2.55 bits per heavy atom. The van der Waals surface area contributed by atoms with Crippen LogP contribution in [0, 0.1) is 5.92 Å². The molecule has 0 radical (unpaired) electrons. The highest BCUT2D eigenvalue weighted by molar-refractivity contribution is 7.85. The molecule has 0 spiro atoms. The Balaban J connectivity index is 1.62. The van der Waals surface area contributed by atoms with Crippen molar-refractivity contribution in [1.82, 2.24) is 4.90 Å². The third-order valence-electron chi connectivity index (χ3n) is 6.60. The lowest BCUT2D eigenvalue weighted by atomic mass is 9.79. The van der Waals surface area contributed by atoms with E-state index < -0.39 is 10.1 Å². The molecule has 2 atom stereocenters. The van der Waals surface area contributed by atoms with E-state index in [-0.39, 0.29) is 18.4 Å². The van der Waals surface area contributed by atoms with Crippen LogP contribution < -0.4 is 0 Å². The fourth-order valence-electron chi connectivity index (χ4n) is 5.36. The molecule has 1 saturated heterocycles. The van der Waals surface area contributed by atoms with Crippen LogP contribution in [0.1, 0.15) is 68.4 Å². The number of likely N-dealkylation sites (tertiary alicyclic amines) is 1. The lowest BCUT2D eigenvalue weighted by molar-refractivity contribution is -0.133. The van der Waals surface area contributed by atoms with Gasteiger partial charge in [-0.05, 0) is 55.2 Å². The van der Waals surface area contributed by atoms with Crippen LogP contribution in [0.5, 0.6) is 0 Å². The number of allylic oxidation sites excluding steroid dienone is 1. The van der Waals surface area contributed by atoms with Crippen LogP contribution in [-0.2, 0) is 19.1 Å². The number of carbonyl (C=O) groups is 1. The smallest absolute Gasteiger partial charge is 0.264 e. The molecule has 0 bridgehead atoms. The maximum Gasteiger partial charge on any atom is 0.264 e. The minimum absolute atomic E-state index is 0.0566. The summed E-state index contributed by atoms with van der Waals surface area (Å²) in [6.45, 7) is 1.94. The predicted octanol–water partition coefficient (Wildman–Crippen LogP) is 4.11. The Kier molecular flexibility index (Phi) is 6.11. The molecule has 0 N–H and O–H groups in total. The average molecular weight is 418 g/mol. The monoisotopic (exact) mass is 417 g/mol. The van der Waals surface area contributed by atoms with Gasteiger partial charge in [-0.15, -0.1) is 0 Å². The number of hydrogen-bond acceptors (Lipinski definition) is 4. The summed E-state index contributed by atoms with van der Waals surface area (Å²) in [6, 6.07) is 8.34. The summed E-state index contributed by atoms with van der Waals surface area (Å²) in [5, 5.41) is 0. The third kappa shape index (κ3) is 4.43. The third-order valence-corrected chi connectivity index (χ3v) is 7.19. The van der Waals surface area contributed by atoms with Gasteiger partial charge in [0, 0.05) is 19.0 Å². The van der Waals surface area contributed by atoms with E-state index in [1.807, 2.05) is 12.1 Å². The average Bonchev–Trinajstić information content (AvgIpc) is 2.85. The molecule has 1 amide bonds. The van der Waals surface area contributed by atoms with Crippen molar-refractivity contribution < 1.29 is 17.4 Å². The molecular weight excluding hydrogens is 386 g/mol. The molecule has 5 nitrogen and oxygen atoms in total. The molecular formula is C23H31NO4S. The van der Waals surface area contributed by atoms with E-state index in [4.69, 9.17) is 4.18 Å². The van der Waals surface area contributed by atoms with Crippen molar-refractivity contribution in [3.8, 4) is 0 Å². The van der Waals surface area contributed by atoms with Crippen LogP contribution in [0.4, 0.5) is 0 Å². The maximum atomic E-state index is 13.5. The predicted molar refractivity (Wildman–Crippen MR) is 114 cm³/mol. The number of rotatable bonds is 5. The second-order valence-corrected chi connectivity index (χ2v) is 10.2. The molecule has 2 unspecified atom stereocenters. The van der Waals surface area contributed by atoms with E-state index in [1.165, 1.54) is 35.1 Å². The molecule has 1 fully saturated rings. The zero-order valence-corrected chi connectivity index (χ0v) is 18.0. The van der Waals surface area contributed by atoms with Gasteiger partial charge in [0.25, 0.3) is 10.1 Å². The van der Waals surface area contributed by atoms with Crippen molar-refractivity contribution in [3.05, 3.63) is 41.0 Å². The molecule has 0 saturated carbocycles. The maximum absolute atomic E-state index is 13.5. The fraction of sp³-hybridized carbons (Fsp3) is 0.609. The Bertz CT molecular complexity index is 897. The number of benzene rings is 1. The van der Waals surface area contributed by atoms with Crippen LogP contribution >= 0.6 is 0 Å². The molecule has 158 valence electrons.